The van der Waals surface area contributed by atoms with Crippen LogP contribution < -0.4 is 0 Å². The summed E-state index contributed by atoms with van der Waals surface area (Å²) < 4.78 is 25.8. The van der Waals surface area contributed by atoms with Gasteiger partial charge in [0.15, 0.2) is 0 Å². The smallest absolute Gasteiger partial charge is 0.242 e. The summed E-state index contributed by atoms with van der Waals surface area (Å²) in [7, 11) is -1.21. The van der Waals surface area contributed by atoms with Gasteiger partial charge in [-0.25, -0.2) is 12.4 Å². The predicted octanol–water partition coefficient (Wildman–Crippen LogP) is 1.75. The molecule has 2 heterocycles. The third kappa shape index (κ3) is 3.49. The average molecular weight is 333 g/mol. The van der Waals surface area contributed by atoms with Gasteiger partial charge in [-0.3, -0.25) is 4.90 Å². The third-order valence-corrected chi connectivity index (χ3v) is 5.92. The van der Waals surface area contributed by atoms with Crippen LogP contribution in [-0.4, -0.2) is 61.2 Å². The lowest BCUT2D eigenvalue weighted by Crippen LogP contribution is -2.43. The molecule has 23 heavy (non-hydrogen) atoms. The van der Waals surface area contributed by atoms with E-state index in [9.17, 15) is 8.42 Å². The molecule has 1 aliphatic rings. The van der Waals surface area contributed by atoms with Crippen molar-refractivity contribution in [1.82, 2.24) is 13.8 Å². The molecule has 1 aromatic carbocycles. The van der Waals surface area contributed by atoms with E-state index in [-0.39, 0.29) is 5.75 Å². The van der Waals surface area contributed by atoms with E-state index in [0.29, 0.717) is 0 Å². The Labute approximate surface area is 137 Å². The first kappa shape index (κ1) is 16.2. The Balaban J connectivity index is 1.82. The summed E-state index contributed by atoms with van der Waals surface area (Å²) >= 11 is 0. The van der Waals surface area contributed by atoms with Gasteiger partial charge >= 0.3 is 0 Å². The van der Waals surface area contributed by atoms with Crippen molar-refractivity contribution < 1.29 is 8.42 Å². The molecule has 0 amide bonds. The molecule has 1 aliphatic heterocycles. The number of piperazine rings is 1. The van der Waals surface area contributed by atoms with Crippen LogP contribution >= 0.6 is 0 Å². The highest BCUT2D eigenvalue weighted by Crippen LogP contribution is 2.21. The Morgan fingerprint density at radius 2 is 1.91 bits per heavy atom. The van der Waals surface area contributed by atoms with E-state index in [1.165, 1.54) is 15.6 Å². The van der Waals surface area contributed by atoms with Gasteiger partial charge in [0.1, 0.15) is 0 Å². The molecule has 6 heteroatoms. The van der Waals surface area contributed by atoms with E-state index < -0.39 is 10.0 Å². The topological polar surface area (TPSA) is 45.6 Å². The zero-order valence-electron chi connectivity index (χ0n) is 13.5. The Bertz CT molecular complexity index is 802. The number of benzene rings is 1. The van der Waals surface area contributed by atoms with Crippen molar-refractivity contribution >= 4 is 20.9 Å². The summed E-state index contributed by atoms with van der Waals surface area (Å²) in [6.07, 6.45) is 3.05. The second-order valence-electron chi connectivity index (χ2n) is 6.15. The highest BCUT2D eigenvalue weighted by Gasteiger charge is 2.16. The zero-order valence-corrected chi connectivity index (χ0v) is 14.3. The van der Waals surface area contributed by atoms with Crippen LogP contribution in [0.15, 0.2) is 43.1 Å². The van der Waals surface area contributed by atoms with Crippen LogP contribution in [0.3, 0.4) is 0 Å². The summed E-state index contributed by atoms with van der Waals surface area (Å²) in [5.74, 6) is -0.0557. The fourth-order valence-electron chi connectivity index (χ4n) is 3.00. The molecule has 3 rings (SSSR count). The molecule has 0 spiro atoms. The standard InChI is InChI=1S/C17H23N3O2S/c1-3-12-23(21,22)20-7-6-16-13-15(4-5-17(16)20)14-19-10-8-18(2)9-11-19/h3-7,13H,1,8-12,14H2,2H3. The zero-order chi connectivity index (χ0) is 16.4. The SMILES string of the molecule is C=CCS(=O)(=O)n1ccc2cc(CN3CCN(C)CC3)ccc21. The minimum absolute atomic E-state index is 0.0557. The Hall–Kier alpha value is -1.63. The first-order valence-corrected chi connectivity index (χ1v) is 9.45. The normalized spacial score (nSPS) is 17.6. The maximum absolute atomic E-state index is 12.2. The minimum atomic E-state index is -3.36. The summed E-state index contributed by atoms with van der Waals surface area (Å²) in [6.45, 7) is 8.77. The maximum atomic E-state index is 12.2. The second kappa shape index (κ2) is 6.47. The molecule has 0 atom stereocenters. The molecule has 5 nitrogen and oxygen atoms in total. The van der Waals surface area contributed by atoms with Crippen molar-refractivity contribution in [3.8, 4) is 0 Å². The first-order chi connectivity index (χ1) is 11.0. The number of nitrogens with zero attached hydrogens (tertiary/aromatic N) is 3. The van der Waals surface area contributed by atoms with Crippen LogP contribution in [-0.2, 0) is 16.6 Å². The molecule has 124 valence electrons. The Morgan fingerprint density at radius 3 is 2.61 bits per heavy atom. The van der Waals surface area contributed by atoms with Crippen LogP contribution in [0.25, 0.3) is 10.9 Å². The fourth-order valence-corrected chi connectivity index (χ4v) is 4.17. The summed E-state index contributed by atoms with van der Waals surface area (Å²) in [6, 6.07) is 7.89. The number of hydrogen-bond acceptors (Lipinski definition) is 4. The third-order valence-electron chi connectivity index (χ3n) is 4.35. The number of hydrogen-bond donors (Lipinski definition) is 0. The second-order valence-corrected chi connectivity index (χ2v) is 8.04. The highest BCUT2D eigenvalue weighted by atomic mass is 32.2. The summed E-state index contributed by atoms with van der Waals surface area (Å²) in [5, 5.41) is 0.962. The summed E-state index contributed by atoms with van der Waals surface area (Å²) in [5.41, 5.74) is 1.95. The van der Waals surface area contributed by atoms with Gasteiger partial charge in [-0.15, -0.1) is 6.58 Å². The first-order valence-electron chi connectivity index (χ1n) is 7.84. The fraction of sp³-hybridized carbons (Fsp3) is 0.412. The van der Waals surface area contributed by atoms with Gasteiger partial charge in [-0.05, 0) is 30.8 Å². The predicted molar refractivity (Wildman–Crippen MR) is 94.1 cm³/mol. The average Bonchev–Trinajstić information content (AvgIpc) is 2.93. The quantitative estimate of drug-likeness (QED) is 0.782. The monoisotopic (exact) mass is 333 g/mol. The number of likely N-dealkylation sites (N-methyl/N-ethyl adjacent to an activating group) is 1. The highest BCUT2D eigenvalue weighted by molar-refractivity contribution is 7.90. The molecular formula is C17H23N3O2S. The van der Waals surface area contributed by atoms with Crippen LogP contribution in [0.4, 0.5) is 0 Å². The van der Waals surface area contributed by atoms with E-state index >= 15 is 0 Å². The van der Waals surface area contributed by atoms with Crippen LogP contribution in [0, 0.1) is 0 Å². The van der Waals surface area contributed by atoms with Gasteiger partial charge in [-0.1, -0.05) is 12.1 Å². The number of fused-ring (bicyclic) bond motifs is 1. The lowest BCUT2D eigenvalue weighted by molar-refractivity contribution is 0.148. The molecule has 0 saturated carbocycles. The van der Waals surface area contributed by atoms with Crippen molar-refractivity contribution in [2.75, 3.05) is 39.0 Å². The van der Waals surface area contributed by atoms with E-state index in [4.69, 9.17) is 0 Å². The molecule has 1 fully saturated rings. The van der Waals surface area contributed by atoms with Crippen LogP contribution in [0.5, 0.6) is 0 Å². The number of aromatic nitrogens is 1. The summed E-state index contributed by atoms with van der Waals surface area (Å²) in [4.78, 5) is 4.77. The lowest BCUT2D eigenvalue weighted by Gasteiger charge is -2.32. The van der Waals surface area contributed by atoms with Gasteiger partial charge in [-0.2, -0.15) is 0 Å². The van der Waals surface area contributed by atoms with Gasteiger partial charge in [0.25, 0.3) is 0 Å². The van der Waals surface area contributed by atoms with Crippen molar-refractivity contribution in [2.24, 2.45) is 0 Å². The van der Waals surface area contributed by atoms with Crippen molar-refractivity contribution in [2.45, 2.75) is 6.54 Å². The van der Waals surface area contributed by atoms with E-state index in [1.54, 1.807) is 6.20 Å². The lowest BCUT2D eigenvalue weighted by atomic mass is 10.1. The van der Waals surface area contributed by atoms with Crippen molar-refractivity contribution in [3.05, 3.63) is 48.7 Å². The van der Waals surface area contributed by atoms with Crippen LogP contribution in [0.2, 0.25) is 0 Å². The largest absolute Gasteiger partial charge is 0.304 e. The molecule has 0 bridgehead atoms. The maximum Gasteiger partial charge on any atom is 0.242 e. The van der Waals surface area contributed by atoms with E-state index in [1.807, 2.05) is 18.2 Å². The van der Waals surface area contributed by atoms with Gasteiger partial charge in [0.2, 0.25) is 10.0 Å². The molecule has 0 aliphatic carbocycles. The van der Waals surface area contributed by atoms with E-state index in [0.717, 1.165) is 43.6 Å². The van der Waals surface area contributed by atoms with E-state index in [2.05, 4.69) is 29.5 Å². The molecule has 0 radical (unpaired) electrons. The number of rotatable bonds is 5. The van der Waals surface area contributed by atoms with Crippen molar-refractivity contribution in [3.63, 3.8) is 0 Å². The van der Waals surface area contributed by atoms with Gasteiger partial charge < -0.3 is 4.90 Å². The molecule has 0 N–H and O–H groups in total. The molecule has 2 aromatic rings. The Kier molecular flexibility index (Phi) is 4.57. The molecule has 1 aromatic heterocycles. The van der Waals surface area contributed by atoms with Gasteiger partial charge in [0.05, 0.1) is 11.3 Å². The Morgan fingerprint density at radius 1 is 1.17 bits per heavy atom. The molecule has 0 unspecified atom stereocenters. The molecule has 1 saturated heterocycles. The molecular weight excluding hydrogens is 310 g/mol. The van der Waals surface area contributed by atoms with Gasteiger partial charge in [0, 0.05) is 44.3 Å². The van der Waals surface area contributed by atoms with Crippen LogP contribution in [0.1, 0.15) is 5.56 Å². The van der Waals surface area contributed by atoms with Crippen molar-refractivity contribution in [1.29, 1.82) is 0 Å². The minimum Gasteiger partial charge on any atom is -0.304 e.